The van der Waals surface area contributed by atoms with Gasteiger partial charge in [-0.15, -0.1) is 0 Å². The first-order valence-corrected chi connectivity index (χ1v) is 15.2. The largest absolute Gasteiger partial charge is 0.455 e. The van der Waals surface area contributed by atoms with Crippen molar-refractivity contribution in [3.05, 3.63) is 126 Å². The van der Waals surface area contributed by atoms with E-state index in [0.29, 0.717) is 18.4 Å². The van der Waals surface area contributed by atoms with E-state index in [1.54, 1.807) is 36.4 Å². The van der Waals surface area contributed by atoms with E-state index in [9.17, 15) is 18.3 Å². The second-order valence-corrected chi connectivity index (χ2v) is 12.5. The van der Waals surface area contributed by atoms with E-state index in [0.717, 1.165) is 24.0 Å². The molecular formula is C33H31NO6S. The van der Waals surface area contributed by atoms with Gasteiger partial charge in [-0.25, -0.2) is 4.98 Å². The molecule has 1 N–H and O–H groups in total. The quantitative estimate of drug-likeness (QED) is 0.213. The van der Waals surface area contributed by atoms with Crippen LogP contribution in [0.5, 0.6) is 5.75 Å². The second kappa shape index (κ2) is 10.8. The monoisotopic (exact) mass is 569 g/mol. The number of benzene rings is 3. The summed E-state index contributed by atoms with van der Waals surface area (Å²) < 4.78 is 37.9. The Morgan fingerprint density at radius 1 is 0.805 bits per heavy atom. The topological polar surface area (TPSA) is 103 Å². The van der Waals surface area contributed by atoms with Crippen molar-refractivity contribution < 1.29 is 27.2 Å². The van der Waals surface area contributed by atoms with Crippen LogP contribution in [0.4, 0.5) is 0 Å². The molecule has 0 amide bonds. The predicted octanol–water partition coefficient (Wildman–Crippen LogP) is 4.93. The zero-order valence-corrected chi connectivity index (χ0v) is 23.2. The van der Waals surface area contributed by atoms with Crippen LogP contribution in [-0.2, 0) is 38.9 Å². The van der Waals surface area contributed by atoms with Crippen molar-refractivity contribution in [1.29, 1.82) is 0 Å². The molecule has 4 aromatic rings. The number of carbonyl (C=O) groups is 1. The summed E-state index contributed by atoms with van der Waals surface area (Å²) in [6, 6.07) is 30.7. The molecule has 7 nitrogen and oxygen atoms in total. The van der Waals surface area contributed by atoms with E-state index in [4.69, 9.17) is 8.92 Å². The smallest absolute Gasteiger partial charge is 0.356 e. The zero-order chi connectivity index (χ0) is 28.5. The molecule has 1 saturated heterocycles. The van der Waals surface area contributed by atoms with E-state index in [1.807, 2.05) is 60.7 Å². The highest BCUT2D eigenvalue weighted by atomic mass is 32.2. The summed E-state index contributed by atoms with van der Waals surface area (Å²) in [4.78, 5) is 18.0. The number of hydrogen-bond acceptors (Lipinski definition) is 7. The van der Waals surface area contributed by atoms with E-state index in [2.05, 4.69) is 4.98 Å². The summed E-state index contributed by atoms with van der Waals surface area (Å²) >= 11 is 0. The average Bonchev–Trinajstić information content (AvgIpc) is 3.81. The van der Waals surface area contributed by atoms with Crippen LogP contribution in [0.15, 0.2) is 114 Å². The third-order valence-corrected chi connectivity index (χ3v) is 9.36. The molecule has 6 rings (SSSR count). The summed E-state index contributed by atoms with van der Waals surface area (Å²) in [6.45, 7) is 0. The molecule has 1 saturated carbocycles. The molecule has 2 unspecified atom stereocenters. The predicted molar refractivity (Wildman–Crippen MR) is 152 cm³/mol. The molecular weight excluding hydrogens is 538 g/mol. The highest BCUT2D eigenvalue weighted by molar-refractivity contribution is 7.87. The number of pyridine rings is 1. The van der Waals surface area contributed by atoms with Gasteiger partial charge in [0.2, 0.25) is 0 Å². The Morgan fingerprint density at radius 2 is 1.39 bits per heavy atom. The summed E-state index contributed by atoms with van der Waals surface area (Å²) in [5, 5.41) is 12.1. The van der Waals surface area contributed by atoms with Gasteiger partial charge in [0.25, 0.3) is 0 Å². The number of cyclic esters (lactones) is 1. The molecule has 1 aliphatic carbocycles. The third kappa shape index (κ3) is 5.25. The second-order valence-electron chi connectivity index (χ2n) is 11.0. The van der Waals surface area contributed by atoms with Gasteiger partial charge in [-0.3, -0.25) is 4.79 Å². The van der Waals surface area contributed by atoms with Gasteiger partial charge in [0.15, 0.2) is 5.03 Å². The van der Waals surface area contributed by atoms with Crippen LogP contribution in [0.25, 0.3) is 0 Å². The van der Waals surface area contributed by atoms with Crippen LogP contribution in [0.2, 0.25) is 0 Å². The third-order valence-electron chi connectivity index (χ3n) is 8.21. The van der Waals surface area contributed by atoms with Crippen LogP contribution in [-0.4, -0.2) is 36.2 Å². The van der Waals surface area contributed by atoms with Crippen molar-refractivity contribution in [2.75, 3.05) is 0 Å². The van der Waals surface area contributed by atoms with Crippen molar-refractivity contribution in [2.24, 2.45) is 11.3 Å². The summed E-state index contributed by atoms with van der Waals surface area (Å²) in [6.07, 6.45) is 2.55. The van der Waals surface area contributed by atoms with Crippen molar-refractivity contribution in [1.82, 2.24) is 4.98 Å². The first-order chi connectivity index (χ1) is 19.8. The maximum absolute atomic E-state index is 14.1. The number of carbonyl (C=O) groups excluding carboxylic acids is 1. The first kappa shape index (κ1) is 27.2. The van der Waals surface area contributed by atoms with Crippen molar-refractivity contribution in [3.63, 3.8) is 0 Å². The van der Waals surface area contributed by atoms with Crippen molar-refractivity contribution in [3.8, 4) is 5.75 Å². The van der Waals surface area contributed by atoms with Gasteiger partial charge in [-0.05, 0) is 60.1 Å². The number of rotatable bonds is 10. The highest BCUT2D eigenvalue weighted by Crippen LogP contribution is 2.58. The fraction of sp³-hybridized carbons (Fsp3) is 0.273. The zero-order valence-electron chi connectivity index (χ0n) is 22.4. The number of hydrogen-bond donors (Lipinski definition) is 1. The Morgan fingerprint density at radius 3 is 1.98 bits per heavy atom. The van der Waals surface area contributed by atoms with E-state index >= 15 is 0 Å². The molecule has 210 valence electrons. The number of para-hydroxylation sites is 1. The van der Waals surface area contributed by atoms with Gasteiger partial charge in [0, 0.05) is 19.0 Å². The minimum Gasteiger partial charge on any atom is -0.455 e. The molecule has 2 aliphatic rings. The summed E-state index contributed by atoms with van der Waals surface area (Å²) in [5.74, 6) is -0.456. The van der Waals surface area contributed by atoms with E-state index in [-0.39, 0.29) is 23.1 Å². The molecule has 0 radical (unpaired) electrons. The molecule has 1 aromatic heterocycles. The molecule has 2 heterocycles. The van der Waals surface area contributed by atoms with Gasteiger partial charge in [-0.1, -0.05) is 84.9 Å². The lowest BCUT2D eigenvalue weighted by molar-refractivity contribution is -0.155. The molecule has 8 heteroatoms. The SMILES string of the molecule is O=C1OC(Cc2ccccc2)(Cc2ccccc2)C(O)C1(Cc1ccccc1OS(=O)(=O)c1ccccn1)C1CC1. The fourth-order valence-corrected chi connectivity index (χ4v) is 7.05. The molecule has 2 atom stereocenters. The number of ether oxygens (including phenoxy) is 1. The van der Waals surface area contributed by atoms with E-state index < -0.39 is 33.2 Å². The Balaban J connectivity index is 1.39. The van der Waals surface area contributed by atoms with Crippen LogP contribution >= 0.6 is 0 Å². The van der Waals surface area contributed by atoms with Crippen molar-refractivity contribution >= 4 is 16.1 Å². The maximum atomic E-state index is 14.1. The average molecular weight is 570 g/mol. The Labute approximate surface area is 239 Å². The van der Waals surface area contributed by atoms with Gasteiger partial charge in [0.05, 0.1) is 0 Å². The number of aliphatic hydroxyl groups is 1. The Hall–Kier alpha value is -4.01. The molecule has 0 spiro atoms. The highest BCUT2D eigenvalue weighted by Gasteiger charge is 2.69. The fourth-order valence-electron chi connectivity index (χ4n) is 6.13. The van der Waals surface area contributed by atoms with Gasteiger partial charge >= 0.3 is 16.1 Å². The summed E-state index contributed by atoms with van der Waals surface area (Å²) in [7, 11) is -4.21. The molecule has 2 fully saturated rings. The van der Waals surface area contributed by atoms with E-state index in [1.165, 1.54) is 12.3 Å². The minimum absolute atomic E-state index is 0.0803. The first-order valence-electron chi connectivity index (χ1n) is 13.8. The van der Waals surface area contributed by atoms with Crippen LogP contribution in [0.3, 0.4) is 0 Å². The molecule has 3 aromatic carbocycles. The standard InChI is InChI=1S/C33H31NO6S/c35-30-32(21-24-11-3-1-4-12-24,22-25-13-5-2-6-14-25)39-31(36)33(30,27-18-19-27)23-26-15-7-8-16-28(26)40-41(37,38)29-17-9-10-20-34-29/h1-17,20,27,30,35H,18-19,21-23H2. The Bertz CT molecular complexity index is 1580. The lowest BCUT2D eigenvalue weighted by Gasteiger charge is -2.36. The molecule has 0 bridgehead atoms. The lowest BCUT2D eigenvalue weighted by Crippen LogP contribution is -2.51. The normalized spacial score (nSPS) is 21.8. The lowest BCUT2D eigenvalue weighted by atomic mass is 9.67. The minimum atomic E-state index is -4.21. The van der Waals surface area contributed by atoms with Crippen LogP contribution in [0.1, 0.15) is 29.5 Å². The van der Waals surface area contributed by atoms with Gasteiger partial charge < -0.3 is 14.0 Å². The number of aromatic nitrogens is 1. The summed E-state index contributed by atoms with van der Waals surface area (Å²) in [5.41, 5.74) is -0.0417. The van der Waals surface area contributed by atoms with Crippen LogP contribution < -0.4 is 4.18 Å². The maximum Gasteiger partial charge on any atom is 0.356 e. The van der Waals surface area contributed by atoms with Crippen molar-refractivity contribution in [2.45, 2.75) is 48.8 Å². The number of nitrogens with zero attached hydrogens (tertiary/aromatic N) is 1. The molecule has 41 heavy (non-hydrogen) atoms. The van der Waals surface area contributed by atoms with Crippen LogP contribution in [0, 0.1) is 11.3 Å². The number of aliphatic hydroxyl groups excluding tert-OH is 1. The molecule has 1 aliphatic heterocycles. The number of esters is 1. The van der Waals surface area contributed by atoms with Gasteiger partial charge in [-0.2, -0.15) is 8.42 Å². The van der Waals surface area contributed by atoms with Gasteiger partial charge in [0.1, 0.15) is 22.9 Å². The Kier molecular flexibility index (Phi) is 7.13.